The van der Waals surface area contributed by atoms with Gasteiger partial charge in [-0.2, -0.15) is 0 Å². The molecule has 0 radical (unpaired) electrons. The van der Waals surface area contributed by atoms with Gasteiger partial charge in [-0.1, -0.05) is 25.1 Å². The monoisotopic (exact) mass is 251 g/mol. The number of carbonyl (C=O) groups excluding carboxylic acids is 1. The molecule has 0 fully saturated rings. The van der Waals surface area contributed by atoms with Gasteiger partial charge in [-0.25, -0.2) is 0 Å². The molecule has 3 N–H and O–H groups in total. The third-order valence-electron chi connectivity index (χ3n) is 3.36. The van der Waals surface area contributed by atoms with Crippen molar-refractivity contribution in [2.45, 2.75) is 33.2 Å². The third-order valence-corrected chi connectivity index (χ3v) is 3.36. The second kappa shape index (κ2) is 5.40. The number of ether oxygens (including phenoxy) is 1. The molecule has 0 saturated carbocycles. The van der Waals surface area contributed by atoms with E-state index in [-0.39, 0.29) is 5.75 Å². The van der Waals surface area contributed by atoms with Crippen molar-refractivity contribution in [3.05, 3.63) is 29.3 Å². The molecule has 0 amide bonds. The maximum Gasteiger partial charge on any atom is 0.313 e. The van der Waals surface area contributed by atoms with Crippen LogP contribution in [0.1, 0.15) is 37.9 Å². The molecule has 4 heteroatoms. The molecular weight excluding hydrogens is 230 g/mol. The van der Waals surface area contributed by atoms with Gasteiger partial charge in [0.15, 0.2) is 0 Å². The SMILES string of the molecule is CCc1cccc([C@H](N)C(C)(C)C(=O)OC)c1O. The van der Waals surface area contributed by atoms with Gasteiger partial charge in [-0.05, 0) is 25.8 Å². The molecule has 1 aromatic carbocycles. The molecular formula is C14H21NO3. The van der Waals surface area contributed by atoms with E-state index in [9.17, 15) is 9.90 Å². The van der Waals surface area contributed by atoms with E-state index in [0.29, 0.717) is 12.0 Å². The fraction of sp³-hybridized carbons (Fsp3) is 0.500. The van der Waals surface area contributed by atoms with Crippen LogP contribution in [0.3, 0.4) is 0 Å². The highest BCUT2D eigenvalue weighted by molar-refractivity contribution is 5.77. The molecule has 1 rings (SSSR count). The van der Waals surface area contributed by atoms with E-state index in [1.165, 1.54) is 7.11 Å². The van der Waals surface area contributed by atoms with Crippen molar-refractivity contribution in [3.63, 3.8) is 0 Å². The molecule has 18 heavy (non-hydrogen) atoms. The van der Waals surface area contributed by atoms with Gasteiger partial charge in [0.2, 0.25) is 0 Å². The lowest BCUT2D eigenvalue weighted by atomic mass is 9.80. The molecule has 0 aliphatic rings. The summed E-state index contributed by atoms with van der Waals surface area (Å²) in [4.78, 5) is 11.7. The lowest BCUT2D eigenvalue weighted by Gasteiger charge is -2.29. The summed E-state index contributed by atoms with van der Waals surface area (Å²) in [6.45, 7) is 5.37. The minimum Gasteiger partial charge on any atom is -0.507 e. The topological polar surface area (TPSA) is 72.6 Å². The summed E-state index contributed by atoms with van der Waals surface area (Å²) in [7, 11) is 1.33. The van der Waals surface area contributed by atoms with Crippen LogP contribution in [0.15, 0.2) is 18.2 Å². The number of phenolic OH excluding ortho intramolecular Hbond substituents is 1. The Morgan fingerprint density at radius 1 is 1.50 bits per heavy atom. The van der Waals surface area contributed by atoms with Crippen LogP contribution in [0.4, 0.5) is 0 Å². The number of aromatic hydroxyl groups is 1. The van der Waals surface area contributed by atoms with Crippen molar-refractivity contribution >= 4 is 5.97 Å². The van der Waals surface area contributed by atoms with E-state index in [4.69, 9.17) is 10.5 Å². The number of para-hydroxylation sites is 1. The number of esters is 1. The largest absolute Gasteiger partial charge is 0.507 e. The molecule has 0 aliphatic heterocycles. The molecule has 0 aromatic heterocycles. The van der Waals surface area contributed by atoms with E-state index < -0.39 is 17.4 Å². The molecule has 1 aromatic rings. The fourth-order valence-corrected chi connectivity index (χ4v) is 1.93. The Morgan fingerprint density at radius 2 is 2.11 bits per heavy atom. The first kappa shape index (κ1) is 14.5. The van der Waals surface area contributed by atoms with Gasteiger partial charge in [0.25, 0.3) is 0 Å². The zero-order valence-electron chi connectivity index (χ0n) is 11.4. The van der Waals surface area contributed by atoms with Gasteiger partial charge >= 0.3 is 5.97 Å². The van der Waals surface area contributed by atoms with Crippen molar-refractivity contribution in [2.75, 3.05) is 7.11 Å². The Bertz CT molecular complexity index is 441. The van der Waals surface area contributed by atoms with Crippen LogP contribution in [0.25, 0.3) is 0 Å². The minimum atomic E-state index is -0.890. The molecule has 0 heterocycles. The summed E-state index contributed by atoms with van der Waals surface area (Å²) in [5.41, 5.74) is 6.62. The van der Waals surface area contributed by atoms with Gasteiger partial charge in [0.1, 0.15) is 5.75 Å². The van der Waals surface area contributed by atoms with E-state index in [2.05, 4.69) is 0 Å². The number of rotatable bonds is 4. The summed E-state index contributed by atoms with van der Waals surface area (Å²) in [6, 6.07) is 4.80. The second-order valence-corrected chi connectivity index (χ2v) is 4.90. The predicted octanol–water partition coefficient (Wildman–Crippen LogP) is 2.15. The van der Waals surface area contributed by atoms with Gasteiger partial charge < -0.3 is 15.6 Å². The van der Waals surface area contributed by atoms with Crippen molar-refractivity contribution in [3.8, 4) is 5.75 Å². The molecule has 0 aliphatic carbocycles. The normalized spacial score (nSPS) is 13.2. The zero-order valence-corrected chi connectivity index (χ0v) is 11.4. The minimum absolute atomic E-state index is 0.171. The molecule has 100 valence electrons. The quantitative estimate of drug-likeness (QED) is 0.804. The number of aryl methyl sites for hydroxylation is 1. The average Bonchev–Trinajstić information content (AvgIpc) is 2.37. The first-order valence-corrected chi connectivity index (χ1v) is 6.01. The lowest BCUT2D eigenvalue weighted by molar-refractivity contribution is -0.152. The van der Waals surface area contributed by atoms with E-state index in [1.807, 2.05) is 19.1 Å². The van der Waals surface area contributed by atoms with E-state index in [0.717, 1.165) is 5.56 Å². The number of phenols is 1. The van der Waals surface area contributed by atoms with Crippen LogP contribution >= 0.6 is 0 Å². The van der Waals surface area contributed by atoms with Crippen molar-refractivity contribution < 1.29 is 14.6 Å². The first-order chi connectivity index (χ1) is 8.36. The van der Waals surface area contributed by atoms with Gasteiger partial charge in [0, 0.05) is 11.6 Å². The number of hydrogen-bond acceptors (Lipinski definition) is 4. The van der Waals surface area contributed by atoms with E-state index >= 15 is 0 Å². The van der Waals surface area contributed by atoms with Gasteiger partial charge in [-0.15, -0.1) is 0 Å². The summed E-state index contributed by atoms with van der Waals surface area (Å²) in [5.74, 6) is -0.222. The zero-order chi connectivity index (χ0) is 13.9. The van der Waals surface area contributed by atoms with Crippen molar-refractivity contribution in [1.29, 1.82) is 0 Å². The summed E-state index contributed by atoms with van der Waals surface area (Å²) >= 11 is 0. The van der Waals surface area contributed by atoms with Crippen LogP contribution in [-0.4, -0.2) is 18.2 Å². The van der Waals surface area contributed by atoms with Gasteiger partial charge in [0.05, 0.1) is 12.5 Å². The highest BCUT2D eigenvalue weighted by Crippen LogP contribution is 2.37. The average molecular weight is 251 g/mol. The summed E-state index contributed by atoms with van der Waals surface area (Å²) in [6.07, 6.45) is 0.713. The Hall–Kier alpha value is -1.55. The van der Waals surface area contributed by atoms with Crippen molar-refractivity contribution in [1.82, 2.24) is 0 Å². The highest BCUT2D eigenvalue weighted by atomic mass is 16.5. The Morgan fingerprint density at radius 3 is 2.61 bits per heavy atom. The first-order valence-electron chi connectivity index (χ1n) is 6.01. The molecule has 0 unspecified atom stereocenters. The maximum absolute atomic E-state index is 11.7. The van der Waals surface area contributed by atoms with Crippen LogP contribution in [0.2, 0.25) is 0 Å². The second-order valence-electron chi connectivity index (χ2n) is 4.90. The van der Waals surface area contributed by atoms with Gasteiger partial charge in [-0.3, -0.25) is 4.79 Å². The smallest absolute Gasteiger partial charge is 0.313 e. The standard InChI is InChI=1S/C14H21NO3/c1-5-9-7-6-8-10(11(9)16)12(15)14(2,3)13(17)18-4/h6-8,12,16H,5,15H2,1-4H3/t12-/m0/s1. The van der Waals surface area contributed by atoms with E-state index in [1.54, 1.807) is 19.9 Å². The van der Waals surface area contributed by atoms with Crippen LogP contribution in [0, 0.1) is 5.41 Å². The Balaban J connectivity index is 3.18. The summed E-state index contributed by atoms with van der Waals surface area (Å²) < 4.78 is 4.75. The lowest BCUT2D eigenvalue weighted by Crippen LogP contribution is -2.37. The summed E-state index contributed by atoms with van der Waals surface area (Å²) in [5, 5.41) is 10.1. The molecule has 4 nitrogen and oxygen atoms in total. The molecule has 1 atom stereocenters. The number of carbonyl (C=O) groups is 1. The molecule has 0 saturated heterocycles. The van der Waals surface area contributed by atoms with Crippen LogP contribution in [0.5, 0.6) is 5.75 Å². The maximum atomic E-state index is 11.7. The Labute approximate surface area is 108 Å². The predicted molar refractivity (Wildman–Crippen MR) is 70.2 cm³/mol. The fourth-order valence-electron chi connectivity index (χ4n) is 1.93. The molecule has 0 bridgehead atoms. The van der Waals surface area contributed by atoms with Crippen LogP contribution in [-0.2, 0) is 16.0 Å². The number of methoxy groups -OCH3 is 1. The molecule has 0 spiro atoms. The number of hydrogen-bond donors (Lipinski definition) is 2. The Kier molecular flexibility index (Phi) is 4.35. The third kappa shape index (κ3) is 2.48. The number of benzene rings is 1. The van der Waals surface area contributed by atoms with Crippen LogP contribution < -0.4 is 5.73 Å². The van der Waals surface area contributed by atoms with Crippen molar-refractivity contribution in [2.24, 2.45) is 11.1 Å². The number of nitrogens with two attached hydrogens (primary N) is 1. The highest BCUT2D eigenvalue weighted by Gasteiger charge is 2.37.